The van der Waals surface area contributed by atoms with Crippen molar-refractivity contribution in [3.05, 3.63) is 60.2 Å². The van der Waals surface area contributed by atoms with E-state index >= 15 is 0 Å². The van der Waals surface area contributed by atoms with Crippen LogP contribution in [0.15, 0.2) is 49.6 Å². The second-order valence-electron chi connectivity index (χ2n) is 2.92. The highest BCUT2D eigenvalue weighted by atomic mass is 35.5. The summed E-state index contributed by atoms with van der Waals surface area (Å²) in [6, 6.07) is 7.85. The largest absolute Gasteiger partial charge is 0.103 e. The zero-order valence-electron chi connectivity index (χ0n) is 7.54. The number of halogens is 1. The van der Waals surface area contributed by atoms with Gasteiger partial charge in [-0.1, -0.05) is 35.9 Å². The molecule has 0 aliphatic rings. The van der Waals surface area contributed by atoms with E-state index in [0.717, 1.165) is 11.4 Å². The van der Waals surface area contributed by atoms with Crippen LogP contribution in [0.1, 0.15) is 17.9 Å². The first-order chi connectivity index (χ1) is 6.27. The first kappa shape index (κ1) is 10.1. The van der Waals surface area contributed by atoms with Crippen LogP contribution >= 0.6 is 11.6 Å². The van der Waals surface area contributed by atoms with Crippen molar-refractivity contribution in [2.24, 2.45) is 0 Å². The third kappa shape index (κ3) is 2.74. The van der Waals surface area contributed by atoms with Crippen molar-refractivity contribution in [1.82, 2.24) is 0 Å². The van der Waals surface area contributed by atoms with Gasteiger partial charge in [0.25, 0.3) is 0 Å². The molecule has 0 unspecified atom stereocenters. The van der Waals surface area contributed by atoms with Gasteiger partial charge in [-0.25, -0.2) is 0 Å². The Balaban J connectivity index is 2.84. The van der Waals surface area contributed by atoms with Crippen LogP contribution in [0.4, 0.5) is 0 Å². The maximum atomic E-state index is 5.79. The molecule has 0 fully saturated rings. The molecule has 1 aromatic carbocycles. The average molecular weight is 193 g/mol. The lowest BCUT2D eigenvalue weighted by atomic mass is 9.96. The van der Waals surface area contributed by atoms with Gasteiger partial charge in [-0.15, -0.1) is 13.2 Å². The van der Waals surface area contributed by atoms with E-state index in [9.17, 15) is 0 Å². The lowest BCUT2D eigenvalue weighted by Crippen LogP contribution is -1.92. The molecule has 0 radical (unpaired) electrons. The average Bonchev–Trinajstić information content (AvgIpc) is 2.16. The fourth-order valence-electron chi connectivity index (χ4n) is 1.26. The van der Waals surface area contributed by atoms with E-state index < -0.39 is 0 Å². The molecular formula is C12H13Cl. The Morgan fingerprint density at radius 1 is 1.23 bits per heavy atom. The van der Waals surface area contributed by atoms with E-state index in [0.29, 0.717) is 5.92 Å². The zero-order valence-corrected chi connectivity index (χ0v) is 8.30. The molecule has 0 heterocycles. The standard InChI is InChI=1S/C12H13Cl/c1-3-5-10(4-2)11-6-8-12(13)9-7-11/h3-4,6-10H,1-2,5H2/t10-/m1/s1. The fraction of sp³-hybridized carbons (Fsp3) is 0.167. The first-order valence-electron chi connectivity index (χ1n) is 4.27. The minimum atomic E-state index is 0.356. The monoisotopic (exact) mass is 192 g/mol. The van der Waals surface area contributed by atoms with Crippen molar-refractivity contribution in [1.29, 1.82) is 0 Å². The first-order valence-corrected chi connectivity index (χ1v) is 4.64. The van der Waals surface area contributed by atoms with Crippen LogP contribution in [0.3, 0.4) is 0 Å². The van der Waals surface area contributed by atoms with Crippen LogP contribution in [0.2, 0.25) is 5.02 Å². The van der Waals surface area contributed by atoms with Crippen molar-refractivity contribution in [2.75, 3.05) is 0 Å². The van der Waals surface area contributed by atoms with E-state index in [1.807, 2.05) is 36.4 Å². The second-order valence-corrected chi connectivity index (χ2v) is 3.35. The lowest BCUT2D eigenvalue weighted by Gasteiger charge is -2.09. The molecule has 1 aromatic rings. The molecule has 0 aromatic heterocycles. The Hall–Kier alpha value is -1.01. The predicted molar refractivity (Wildman–Crippen MR) is 59.2 cm³/mol. The van der Waals surface area contributed by atoms with Crippen LogP contribution < -0.4 is 0 Å². The topological polar surface area (TPSA) is 0 Å². The molecule has 68 valence electrons. The molecule has 1 heteroatoms. The predicted octanol–water partition coefficient (Wildman–Crippen LogP) is 4.19. The van der Waals surface area contributed by atoms with Gasteiger partial charge >= 0.3 is 0 Å². The van der Waals surface area contributed by atoms with Gasteiger partial charge in [0.05, 0.1) is 0 Å². The number of rotatable bonds is 4. The minimum absolute atomic E-state index is 0.356. The van der Waals surface area contributed by atoms with Gasteiger partial charge in [0.15, 0.2) is 0 Å². The van der Waals surface area contributed by atoms with Gasteiger partial charge in [-0.05, 0) is 24.1 Å². The molecule has 0 N–H and O–H groups in total. The number of allylic oxidation sites excluding steroid dienone is 2. The quantitative estimate of drug-likeness (QED) is 0.628. The van der Waals surface area contributed by atoms with Gasteiger partial charge in [-0.2, -0.15) is 0 Å². The molecule has 0 aliphatic carbocycles. The lowest BCUT2D eigenvalue weighted by molar-refractivity contribution is 0.868. The summed E-state index contributed by atoms with van der Waals surface area (Å²) in [5, 5.41) is 0.769. The highest BCUT2D eigenvalue weighted by molar-refractivity contribution is 6.30. The highest BCUT2D eigenvalue weighted by Gasteiger charge is 2.04. The summed E-state index contributed by atoms with van der Waals surface area (Å²) in [7, 11) is 0. The summed E-state index contributed by atoms with van der Waals surface area (Å²) in [5.74, 6) is 0.356. The number of hydrogen-bond acceptors (Lipinski definition) is 0. The van der Waals surface area contributed by atoms with Gasteiger partial charge in [0.2, 0.25) is 0 Å². The summed E-state index contributed by atoms with van der Waals surface area (Å²) in [6.07, 6.45) is 4.76. The maximum absolute atomic E-state index is 5.79. The molecule has 0 amide bonds. The third-order valence-corrected chi connectivity index (χ3v) is 2.26. The molecule has 0 bridgehead atoms. The fourth-order valence-corrected chi connectivity index (χ4v) is 1.38. The Morgan fingerprint density at radius 2 is 1.85 bits per heavy atom. The minimum Gasteiger partial charge on any atom is -0.103 e. The molecule has 1 rings (SSSR count). The van der Waals surface area contributed by atoms with Crippen molar-refractivity contribution >= 4 is 11.6 Å². The SMILES string of the molecule is C=CC[C@@H](C=C)c1ccc(Cl)cc1. The van der Waals surface area contributed by atoms with E-state index in [2.05, 4.69) is 13.2 Å². The molecule has 0 aliphatic heterocycles. The summed E-state index contributed by atoms with van der Waals surface area (Å²) < 4.78 is 0. The van der Waals surface area contributed by atoms with Gasteiger partial charge in [0.1, 0.15) is 0 Å². The van der Waals surface area contributed by atoms with E-state index in [1.165, 1.54) is 5.56 Å². The number of benzene rings is 1. The van der Waals surface area contributed by atoms with Crippen molar-refractivity contribution < 1.29 is 0 Å². The van der Waals surface area contributed by atoms with Crippen LogP contribution in [0.5, 0.6) is 0 Å². The summed E-state index contributed by atoms with van der Waals surface area (Å²) in [6.45, 7) is 7.52. The van der Waals surface area contributed by atoms with E-state index in [-0.39, 0.29) is 0 Å². The second kappa shape index (κ2) is 4.88. The van der Waals surface area contributed by atoms with Crippen molar-refractivity contribution in [3.8, 4) is 0 Å². The molecular weight excluding hydrogens is 180 g/mol. The molecule has 0 saturated carbocycles. The van der Waals surface area contributed by atoms with Crippen LogP contribution in [-0.2, 0) is 0 Å². The summed E-state index contributed by atoms with van der Waals surface area (Å²) in [5.41, 5.74) is 1.24. The van der Waals surface area contributed by atoms with Crippen LogP contribution in [0.25, 0.3) is 0 Å². The van der Waals surface area contributed by atoms with Gasteiger partial charge in [-0.3, -0.25) is 0 Å². The smallest absolute Gasteiger partial charge is 0.0406 e. The highest BCUT2D eigenvalue weighted by Crippen LogP contribution is 2.22. The van der Waals surface area contributed by atoms with Crippen LogP contribution in [0, 0.1) is 0 Å². The molecule has 13 heavy (non-hydrogen) atoms. The summed E-state index contributed by atoms with van der Waals surface area (Å²) in [4.78, 5) is 0. The van der Waals surface area contributed by atoms with Crippen molar-refractivity contribution in [3.63, 3.8) is 0 Å². The number of hydrogen-bond donors (Lipinski definition) is 0. The third-order valence-electron chi connectivity index (χ3n) is 2.00. The Morgan fingerprint density at radius 3 is 2.31 bits per heavy atom. The molecule has 1 atom stereocenters. The Bertz CT molecular complexity index is 284. The Labute approximate surface area is 84.5 Å². The molecule has 0 nitrogen and oxygen atoms in total. The Kier molecular flexibility index (Phi) is 3.78. The zero-order chi connectivity index (χ0) is 9.68. The van der Waals surface area contributed by atoms with Crippen molar-refractivity contribution in [2.45, 2.75) is 12.3 Å². The summed E-state index contributed by atoms with van der Waals surface area (Å²) >= 11 is 5.79. The van der Waals surface area contributed by atoms with E-state index in [4.69, 9.17) is 11.6 Å². The molecule has 0 saturated heterocycles. The molecule has 0 spiro atoms. The van der Waals surface area contributed by atoms with Gasteiger partial charge < -0.3 is 0 Å². The van der Waals surface area contributed by atoms with Gasteiger partial charge in [0, 0.05) is 10.9 Å². The van der Waals surface area contributed by atoms with E-state index in [1.54, 1.807) is 0 Å². The normalized spacial score (nSPS) is 12.1. The van der Waals surface area contributed by atoms with Crippen LogP contribution in [-0.4, -0.2) is 0 Å². The maximum Gasteiger partial charge on any atom is 0.0406 e.